The molecule has 0 aliphatic carbocycles. The number of hydrogen-bond acceptors (Lipinski definition) is 2. The lowest BCUT2D eigenvalue weighted by molar-refractivity contribution is -0.384. The summed E-state index contributed by atoms with van der Waals surface area (Å²) < 4.78 is 0. The SMILES string of the molecule is Cc1c[nH]c(C)c1-c1ccc(Cl)cc1[N+](=O)[O-]. The van der Waals surface area contributed by atoms with Crippen molar-refractivity contribution in [1.82, 2.24) is 4.98 Å². The number of H-pyrrole nitrogens is 1. The van der Waals surface area contributed by atoms with Gasteiger partial charge in [0.05, 0.1) is 10.5 Å². The molecule has 5 heteroatoms. The van der Waals surface area contributed by atoms with Crippen LogP contribution in [0.4, 0.5) is 5.69 Å². The lowest BCUT2D eigenvalue weighted by atomic mass is 10.0. The Hall–Kier alpha value is -1.81. The van der Waals surface area contributed by atoms with Crippen molar-refractivity contribution in [2.24, 2.45) is 0 Å². The van der Waals surface area contributed by atoms with Gasteiger partial charge in [-0.3, -0.25) is 10.1 Å². The molecule has 17 heavy (non-hydrogen) atoms. The third-order valence-electron chi connectivity index (χ3n) is 2.70. The summed E-state index contributed by atoms with van der Waals surface area (Å²) in [5.41, 5.74) is 3.38. The minimum Gasteiger partial charge on any atom is -0.364 e. The molecule has 0 spiro atoms. The van der Waals surface area contributed by atoms with Gasteiger partial charge in [-0.05, 0) is 31.5 Å². The molecule has 1 aromatic heterocycles. The van der Waals surface area contributed by atoms with Gasteiger partial charge in [0.1, 0.15) is 0 Å². The largest absolute Gasteiger partial charge is 0.364 e. The van der Waals surface area contributed by atoms with E-state index in [9.17, 15) is 10.1 Å². The third kappa shape index (κ3) is 2.03. The van der Waals surface area contributed by atoms with Gasteiger partial charge in [0.15, 0.2) is 0 Å². The molecule has 0 fully saturated rings. The smallest absolute Gasteiger partial charge is 0.278 e. The number of nitro groups is 1. The lowest BCUT2D eigenvalue weighted by Crippen LogP contribution is -1.93. The molecule has 0 amide bonds. The zero-order valence-corrected chi connectivity index (χ0v) is 10.2. The monoisotopic (exact) mass is 250 g/mol. The Morgan fingerprint density at radius 3 is 2.59 bits per heavy atom. The predicted octanol–water partition coefficient (Wildman–Crippen LogP) is 3.86. The van der Waals surface area contributed by atoms with Crippen LogP contribution in [-0.4, -0.2) is 9.91 Å². The Labute approximate surface area is 103 Å². The fourth-order valence-corrected chi connectivity index (χ4v) is 2.10. The van der Waals surface area contributed by atoms with Crippen molar-refractivity contribution in [2.45, 2.75) is 13.8 Å². The molecule has 0 bridgehead atoms. The molecule has 4 nitrogen and oxygen atoms in total. The summed E-state index contributed by atoms with van der Waals surface area (Å²) in [6, 6.07) is 4.72. The highest BCUT2D eigenvalue weighted by Crippen LogP contribution is 2.35. The van der Waals surface area contributed by atoms with E-state index in [1.165, 1.54) is 6.07 Å². The molecule has 0 aliphatic heterocycles. The topological polar surface area (TPSA) is 58.9 Å². The van der Waals surface area contributed by atoms with Crippen molar-refractivity contribution in [3.05, 3.63) is 50.8 Å². The summed E-state index contributed by atoms with van der Waals surface area (Å²) in [6.07, 6.45) is 1.84. The zero-order valence-electron chi connectivity index (χ0n) is 9.45. The van der Waals surface area contributed by atoms with E-state index in [-0.39, 0.29) is 5.69 Å². The Morgan fingerprint density at radius 1 is 1.35 bits per heavy atom. The minimum atomic E-state index is -0.410. The molecule has 1 aromatic carbocycles. The maximum Gasteiger partial charge on any atom is 0.278 e. The molecule has 88 valence electrons. The molecule has 1 heterocycles. The second-order valence-electron chi connectivity index (χ2n) is 3.89. The van der Waals surface area contributed by atoms with E-state index in [4.69, 9.17) is 11.6 Å². The Kier molecular flexibility index (Phi) is 2.90. The van der Waals surface area contributed by atoms with E-state index in [2.05, 4.69) is 4.98 Å². The normalized spacial score (nSPS) is 10.5. The molecular weight excluding hydrogens is 240 g/mol. The number of aryl methyl sites for hydroxylation is 2. The molecule has 0 radical (unpaired) electrons. The number of nitro benzene ring substituents is 1. The highest BCUT2D eigenvalue weighted by atomic mass is 35.5. The van der Waals surface area contributed by atoms with Crippen LogP contribution < -0.4 is 0 Å². The number of benzene rings is 1. The van der Waals surface area contributed by atoms with E-state index in [1.54, 1.807) is 12.1 Å². The number of hydrogen-bond donors (Lipinski definition) is 1. The predicted molar refractivity (Wildman–Crippen MR) is 67.4 cm³/mol. The van der Waals surface area contributed by atoms with Gasteiger partial charge >= 0.3 is 0 Å². The lowest BCUT2D eigenvalue weighted by Gasteiger charge is -2.04. The highest BCUT2D eigenvalue weighted by molar-refractivity contribution is 6.31. The van der Waals surface area contributed by atoms with Crippen LogP contribution in [0.1, 0.15) is 11.3 Å². The molecule has 0 atom stereocenters. The van der Waals surface area contributed by atoms with Crippen molar-refractivity contribution in [3.63, 3.8) is 0 Å². The average molecular weight is 251 g/mol. The van der Waals surface area contributed by atoms with E-state index in [0.29, 0.717) is 10.6 Å². The quantitative estimate of drug-likeness (QED) is 0.650. The maximum atomic E-state index is 11.0. The fraction of sp³-hybridized carbons (Fsp3) is 0.167. The van der Waals surface area contributed by atoms with Gasteiger partial charge in [0.2, 0.25) is 0 Å². The second-order valence-corrected chi connectivity index (χ2v) is 4.33. The Morgan fingerprint density at radius 2 is 2.06 bits per heavy atom. The van der Waals surface area contributed by atoms with Gasteiger partial charge in [-0.25, -0.2) is 0 Å². The molecular formula is C12H11ClN2O2. The molecule has 0 unspecified atom stereocenters. The first-order chi connectivity index (χ1) is 8.00. The number of rotatable bonds is 2. The molecule has 2 aromatic rings. The molecule has 2 rings (SSSR count). The minimum absolute atomic E-state index is 0.0308. The van der Waals surface area contributed by atoms with E-state index < -0.39 is 4.92 Å². The summed E-state index contributed by atoms with van der Waals surface area (Å²) in [5.74, 6) is 0. The summed E-state index contributed by atoms with van der Waals surface area (Å²) in [4.78, 5) is 13.7. The van der Waals surface area contributed by atoms with Crippen LogP contribution in [0.2, 0.25) is 5.02 Å². The van der Waals surface area contributed by atoms with Crippen molar-refractivity contribution in [1.29, 1.82) is 0 Å². The Bertz CT molecular complexity index is 571. The number of nitrogens with one attached hydrogen (secondary N) is 1. The number of nitrogens with zero attached hydrogens (tertiary/aromatic N) is 1. The van der Waals surface area contributed by atoms with Gasteiger partial charge in [0.25, 0.3) is 5.69 Å². The van der Waals surface area contributed by atoms with Crippen LogP contribution >= 0.6 is 11.6 Å². The van der Waals surface area contributed by atoms with Gasteiger partial charge in [0, 0.05) is 28.5 Å². The zero-order chi connectivity index (χ0) is 12.6. The first-order valence-corrected chi connectivity index (χ1v) is 5.47. The first-order valence-electron chi connectivity index (χ1n) is 5.09. The van der Waals surface area contributed by atoms with Crippen LogP contribution in [0.5, 0.6) is 0 Å². The summed E-state index contributed by atoms with van der Waals surface area (Å²) in [6.45, 7) is 3.80. The van der Waals surface area contributed by atoms with Crippen molar-refractivity contribution in [2.75, 3.05) is 0 Å². The van der Waals surface area contributed by atoms with Crippen molar-refractivity contribution < 1.29 is 4.92 Å². The first kappa shape index (κ1) is 11.7. The van der Waals surface area contributed by atoms with Gasteiger partial charge in [-0.15, -0.1) is 0 Å². The summed E-state index contributed by atoms with van der Waals surface area (Å²) in [5, 5.41) is 11.4. The Balaban J connectivity index is 2.71. The summed E-state index contributed by atoms with van der Waals surface area (Å²) >= 11 is 5.79. The van der Waals surface area contributed by atoms with Crippen LogP contribution in [0, 0.1) is 24.0 Å². The highest BCUT2D eigenvalue weighted by Gasteiger charge is 2.19. The second kappa shape index (κ2) is 4.22. The van der Waals surface area contributed by atoms with Crippen LogP contribution in [0.25, 0.3) is 11.1 Å². The van der Waals surface area contributed by atoms with Gasteiger partial charge < -0.3 is 4.98 Å². The summed E-state index contributed by atoms with van der Waals surface area (Å²) in [7, 11) is 0. The molecule has 0 saturated heterocycles. The average Bonchev–Trinajstić information content (AvgIpc) is 2.59. The maximum absolute atomic E-state index is 11.0. The molecule has 1 N–H and O–H groups in total. The van der Waals surface area contributed by atoms with Crippen LogP contribution in [-0.2, 0) is 0 Å². The number of halogens is 1. The molecule has 0 saturated carbocycles. The van der Waals surface area contributed by atoms with Crippen LogP contribution in [0.15, 0.2) is 24.4 Å². The van der Waals surface area contributed by atoms with E-state index in [1.807, 2.05) is 20.0 Å². The third-order valence-corrected chi connectivity index (χ3v) is 2.94. The van der Waals surface area contributed by atoms with Crippen molar-refractivity contribution in [3.8, 4) is 11.1 Å². The van der Waals surface area contributed by atoms with E-state index in [0.717, 1.165) is 16.8 Å². The van der Waals surface area contributed by atoms with Crippen LogP contribution in [0.3, 0.4) is 0 Å². The number of aromatic amines is 1. The standard InChI is InChI=1S/C12H11ClN2O2/c1-7-6-14-8(2)12(7)10-4-3-9(13)5-11(10)15(16)17/h3-6,14H,1-2H3. The van der Waals surface area contributed by atoms with Crippen molar-refractivity contribution >= 4 is 17.3 Å². The molecule has 0 aliphatic rings. The fourth-order valence-electron chi connectivity index (χ4n) is 1.94. The van der Waals surface area contributed by atoms with Gasteiger partial charge in [-0.2, -0.15) is 0 Å². The number of aromatic nitrogens is 1. The van der Waals surface area contributed by atoms with Gasteiger partial charge in [-0.1, -0.05) is 11.6 Å². The van der Waals surface area contributed by atoms with E-state index >= 15 is 0 Å².